The molecular formula is C14H16BrN3O2S. The largest absolute Gasteiger partial charge is 0.369 e. The number of hydrogen-bond donors (Lipinski definition) is 1. The molecule has 112 valence electrons. The van der Waals surface area contributed by atoms with Crippen LogP contribution in [0.2, 0.25) is 0 Å². The van der Waals surface area contributed by atoms with Gasteiger partial charge in [0.15, 0.2) is 5.16 Å². The van der Waals surface area contributed by atoms with Crippen LogP contribution >= 0.6 is 27.7 Å². The van der Waals surface area contributed by atoms with Gasteiger partial charge in [-0.3, -0.25) is 14.2 Å². The summed E-state index contributed by atoms with van der Waals surface area (Å²) in [4.78, 5) is 28.4. The molecule has 0 aliphatic carbocycles. The predicted molar refractivity (Wildman–Crippen MR) is 88.5 cm³/mol. The number of carbonyl (C=O) groups excluding carboxylic acids is 1. The molecule has 2 N–H and O–H groups in total. The van der Waals surface area contributed by atoms with E-state index >= 15 is 0 Å². The molecule has 0 aliphatic rings. The van der Waals surface area contributed by atoms with E-state index in [0.29, 0.717) is 22.6 Å². The summed E-state index contributed by atoms with van der Waals surface area (Å²) in [5.74, 6) is -0.423. The Morgan fingerprint density at radius 2 is 2.24 bits per heavy atom. The first-order chi connectivity index (χ1) is 9.93. The van der Waals surface area contributed by atoms with Crippen molar-refractivity contribution >= 4 is 44.5 Å². The first-order valence-electron chi connectivity index (χ1n) is 6.60. The molecule has 1 aromatic carbocycles. The lowest BCUT2D eigenvalue weighted by atomic mass is 10.2. The molecule has 1 heterocycles. The Morgan fingerprint density at radius 1 is 1.52 bits per heavy atom. The zero-order chi connectivity index (χ0) is 15.6. The van der Waals surface area contributed by atoms with Crippen molar-refractivity contribution in [1.82, 2.24) is 9.55 Å². The Hall–Kier alpha value is -1.34. The van der Waals surface area contributed by atoms with E-state index in [-0.39, 0.29) is 5.56 Å². The van der Waals surface area contributed by atoms with Gasteiger partial charge >= 0.3 is 0 Å². The third kappa shape index (κ3) is 3.47. The van der Waals surface area contributed by atoms with Crippen molar-refractivity contribution in [1.29, 1.82) is 0 Å². The van der Waals surface area contributed by atoms with E-state index < -0.39 is 11.2 Å². The van der Waals surface area contributed by atoms with Crippen LogP contribution in [0.3, 0.4) is 0 Å². The number of primary amides is 1. The first-order valence-corrected chi connectivity index (χ1v) is 8.27. The number of carbonyl (C=O) groups is 1. The molecule has 0 bridgehead atoms. The topological polar surface area (TPSA) is 78.0 Å². The van der Waals surface area contributed by atoms with Crippen LogP contribution in [0.1, 0.15) is 20.3 Å². The lowest BCUT2D eigenvalue weighted by Crippen LogP contribution is -2.27. The summed E-state index contributed by atoms with van der Waals surface area (Å²) in [6.07, 6.45) is 0.805. The summed E-state index contributed by atoms with van der Waals surface area (Å²) in [5, 5.41) is 0.657. The normalized spacial score (nSPS) is 12.5. The van der Waals surface area contributed by atoms with Gasteiger partial charge in [-0.2, -0.15) is 0 Å². The van der Waals surface area contributed by atoms with Crippen molar-refractivity contribution in [2.45, 2.75) is 37.2 Å². The lowest BCUT2D eigenvalue weighted by molar-refractivity contribution is -0.117. The van der Waals surface area contributed by atoms with Crippen molar-refractivity contribution in [3.8, 4) is 0 Å². The van der Waals surface area contributed by atoms with Gasteiger partial charge in [0.1, 0.15) is 0 Å². The zero-order valence-electron chi connectivity index (χ0n) is 11.8. The predicted octanol–water partition coefficient (Wildman–Crippen LogP) is 2.53. The van der Waals surface area contributed by atoms with E-state index in [0.717, 1.165) is 10.9 Å². The lowest BCUT2D eigenvalue weighted by Gasteiger charge is -2.14. The Morgan fingerprint density at radius 3 is 2.86 bits per heavy atom. The van der Waals surface area contributed by atoms with Crippen molar-refractivity contribution in [2.24, 2.45) is 5.73 Å². The van der Waals surface area contributed by atoms with Crippen LogP contribution in [0.4, 0.5) is 0 Å². The summed E-state index contributed by atoms with van der Waals surface area (Å²) < 4.78 is 2.45. The maximum absolute atomic E-state index is 12.6. The highest BCUT2D eigenvalue weighted by Gasteiger charge is 2.17. The number of aromatic nitrogens is 2. The van der Waals surface area contributed by atoms with Crippen LogP contribution in [-0.4, -0.2) is 20.7 Å². The van der Waals surface area contributed by atoms with Crippen LogP contribution in [0.15, 0.2) is 32.6 Å². The van der Waals surface area contributed by atoms with Gasteiger partial charge in [0, 0.05) is 11.0 Å². The second-order valence-electron chi connectivity index (χ2n) is 4.68. The molecule has 1 unspecified atom stereocenters. The molecule has 0 radical (unpaired) electrons. The van der Waals surface area contributed by atoms with Gasteiger partial charge in [0.25, 0.3) is 5.56 Å². The molecule has 1 aromatic heterocycles. The number of nitrogens with two attached hydrogens (primary N) is 1. The fourth-order valence-corrected chi connectivity index (χ4v) is 3.15. The molecule has 21 heavy (non-hydrogen) atoms. The second kappa shape index (κ2) is 6.62. The number of halogens is 1. The molecule has 0 saturated carbocycles. The van der Waals surface area contributed by atoms with Gasteiger partial charge in [0.2, 0.25) is 5.91 Å². The minimum absolute atomic E-state index is 0.0951. The second-order valence-corrected chi connectivity index (χ2v) is 6.90. The van der Waals surface area contributed by atoms with E-state index in [9.17, 15) is 9.59 Å². The van der Waals surface area contributed by atoms with Gasteiger partial charge in [-0.05, 0) is 31.5 Å². The van der Waals surface area contributed by atoms with Crippen LogP contribution in [0.25, 0.3) is 10.9 Å². The molecule has 0 spiro atoms. The summed E-state index contributed by atoms with van der Waals surface area (Å²) in [6.45, 7) is 4.26. The van der Waals surface area contributed by atoms with Gasteiger partial charge < -0.3 is 5.73 Å². The third-order valence-corrected chi connectivity index (χ3v) is 4.61. The van der Waals surface area contributed by atoms with E-state index in [2.05, 4.69) is 20.9 Å². The summed E-state index contributed by atoms with van der Waals surface area (Å²) >= 11 is 4.58. The maximum Gasteiger partial charge on any atom is 0.262 e. The number of nitrogens with zero attached hydrogens (tertiary/aromatic N) is 2. The van der Waals surface area contributed by atoms with E-state index in [1.807, 2.05) is 13.0 Å². The number of hydrogen-bond acceptors (Lipinski definition) is 4. The number of thioether (sulfide) groups is 1. The Balaban J connectivity index is 2.63. The van der Waals surface area contributed by atoms with Crippen LogP contribution < -0.4 is 11.3 Å². The molecule has 7 heteroatoms. The molecular weight excluding hydrogens is 354 g/mol. The highest BCUT2D eigenvalue weighted by molar-refractivity contribution is 9.10. The molecule has 0 fully saturated rings. The summed E-state index contributed by atoms with van der Waals surface area (Å²) in [7, 11) is 0. The van der Waals surface area contributed by atoms with E-state index in [4.69, 9.17) is 5.73 Å². The van der Waals surface area contributed by atoms with Crippen molar-refractivity contribution in [2.75, 3.05) is 0 Å². The summed E-state index contributed by atoms with van der Waals surface area (Å²) in [5.41, 5.74) is 5.82. The number of benzene rings is 1. The van der Waals surface area contributed by atoms with E-state index in [1.165, 1.54) is 11.8 Å². The van der Waals surface area contributed by atoms with Gasteiger partial charge in [-0.1, -0.05) is 34.6 Å². The fourth-order valence-electron chi connectivity index (χ4n) is 1.90. The van der Waals surface area contributed by atoms with Gasteiger partial charge in [-0.15, -0.1) is 0 Å². The first kappa shape index (κ1) is 16.0. The van der Waals surface area contributed by atoms with Crippen LogP contribution in [-0.2, 0) is 11.3 Å². The van der Waals surface area contributed by atoms with Crippen molar-refractivity contribution in [3.05, 3.63) is 33.0 Å². The summed E-state index contributed by atoms with van der Waals surface area (Å²) in [6, 6.07) is 5.39. The van der Waals surface area contributed by atoms with Crippen LogP contribution in [0.5, 0.6) is 0 Å². The van der Waals surface area contributed by atoms with Gasteiger partial charge in [0.05, 0.1) is 16.2 Å². The standard InChI is InChI=1S/C14H16BrN3O2S/c1-3-6-18-13(20)10-7-9(15)4-5-11(10)17-14(18)21-8(2)12(16)19/h4-5,7-8H,3,6H2,1-2H3,(H2,16,19). The number of fused-ring (bicyclic) bond motifs is 1. The molecule has 2 aromatic rings. The maximum atomic E-state index is 12.6. The quantitative estimate of drug-likeness (QED) is 0.648. The highest BCUT2D eigenvalue weighted by atomic mass is 79.9. The SMILES string of the molecule is CCCn1c(SC(C)C(N)=O)nc2ccc(Br)cc2c1=O. The third-order valence-electron chi connectivity index (χ3n) is 3.01. The Bertz CT molecular complexity index is 745. The molecule has 1 amide bonds. The molecule has 0 saturated heterocycles. The number of rotatable bonds is 5. The van der Waals surface area contributed by atoms with Crippen LogP contribution in [0, 0.1) is 0 Å². The van der Waals surface area contributed by atoms with E-state index in [1.54, 1.807) is 23.6 Å². The van der Waals surface area contributed by atoms with Gasteiger partial charge in [-0.25, -0.2) is 4.98 Å². The molecule has 2 rings (SSSR count). The Kier molecular flexibility index (Phi) is 5.05. The minimum atomic E-state index is -0.437. The average molecular weight is 370 g/mol. The van der Waals surface area contributed by atoms with Crippen molar-refractivity contribution < 1.29 is 4.79 Å². The van der Waals surface area contributed by atoms with Crippen molar-refractivity contribution in [3.63, 3.8) is 0 Å². The molecule has 1 atom stereocenters. The number of amides is 1. The average Bonchev–Trinajstić information content (AvgIpc) is 2.43. The minimum Gasteiger partial charge on any atom is -0.369 e. The molecule has 5 nitrogen and oxygen atoms in total. The molecule has 0 aliphatic heterocycles. The Labute approximate surface area is 135 Å². The monoisotopic (exact) mass is 369 g/mol. The smallest absolute Gasteiger partial charge is 0.262 e. The zero-order valence-corrected chi connectivity index (χ0v) is 14.2. The highest BCUT2D eigenvalue weighted by Crippen LogP contribution is 2.23. The fraction of sp³-hybridized carbons (Fsp3) is 0.357.